The van der Waals surface area contributed by atoms with E-state index in [1.165, 1.54) is 32.1 Å². The summed E-state index contributed by atoms with van der Waals surface area (Å²) in [5, 5.41) is 3.27. The first-order chi connectivity index (χ1) is 10.3. The summed E-state index contributed by atoms with van der Waals surface area (Å²) >= 11 is 0. The molecule has 0 atom stereocenters. The van der Waals surface area contributed by atoms with Crippen LogP contribution in [0.5, 0.6) is 5.75 Å². The van der Waals surface area contributed by atoms with Crippen molar-refractivity contribution in [3.63, 3.8) is 0 Å². The van der Waals surface area contributed by atoms with Gasteiger partial charge in [-0.25, -0.2) is 4.39 Å². The third kappa shape index (κ3) is 8.05. The lowest BCUT2D eigenvalue weighted by Crippen LogP contribution is -2.13. The van der Waals surface area contributed by atoms with Crippen molar-refractivity contribution in [2.24, 2.45) is 0 Å². The molecule has 0 saturated heterocycles. The van der Waals surface area contributed by atoms with E-state index in [0.717, 1.165) is 24.9 Å². The van der Waals surface area contributed by atoms with Gasteiger partial charge in [-0.1, -0.05) is 52.0 Å². The molecule has 0 aliphatic carbocycles. The topological polar surface area (TPSA) is 21.3 Å². The number of hydrogen-bond acceptors (Lipinski definition) is 2. The van der Waals surface area contributed by atoms with Gasteiger partial charge in [0, 0.05) is 6.54 Å². The van der Waals surface area contributed by atoms with E-state index >= 15 is 0 Å². The van der Waals surface area contributed by atoms with E-state index < -0.39 is 0 Å². The molecule has 1 aromatic carbocycles. The second-order valence-electron chi connectivity index (χ2n) is 5.56. The second kappa shape index (κ2) is 11.6. The van der Waals surface area contributed by atoms with Crippen molar-refractivity contribution in [2.75, 3.05) is 13.2 Å². The molecule has 0 heterocycles. The lowest BCUT2D eigenvalue weighted by molar-refractivity contribution is 0.290. The standard InChI is InChI=1S/C18H30FNO/c1-3-5-6-7-8-9-13-21-18-11-10-16(14-17(18)19)15-20-12-4-2/h10-11,14,20H,3-9,12-13,15H2,1-2H3. The monoisotopic (exact) mass is 295 g/mol. The molecule has 2 nitrogen and oxygen atoms in total. The van der Waals surface area contributed by atoms with Gasteiger partial charge in [0.1, 0.15) is 0 Å². The zero-order chi connectivity index (χ0) is 15.3. The van der Waals surface area contributed by atoms with Gasteiger partial charge in [-0.15, -0.1) is 0 Å². The van der Waals surface area contributed by atoms with Crippen molar-refractivity contribution in [1.29, 1.82) is 0 Å². The number of benzene rings is 1. The maximum absolute atomic E-state index is 13.9. The Labute approximate surface area is 129 Å². The van der Waals surface area contributed by atoms with Crippen LogP contribution in [0.3, 0.4) is 0 Å². The Morgan fingerprint density at radius 2 is 1.76 bits per heavy atom. The van der Waals surface area contributed by atoms with Crippen LogP contribution in [-0.4, -0.2) is 13.2 Å². The Kier molecular flexibility index (Phi) is 9.88. The molecule has 0 bridgehead atoms. The maximum atomic E-state index is 13.9. The zero-order valence-electron chi connectivity index (χ0n) is 13.6. The highest BCUT2D eigenvalue weighted by Crippen LogP contribution is 2.19. The number of unbranched alkanes of at least 4 members (excludes halogenated alkanes) is 5. The molecule has 0 spiro atoms. The second-order valence-corrected chi connectivity index (χ2v) is 5.56. The van der Waals surface area contributed by atoms with Gasteiger partial charge in [0.2, 0.25) is 0 Å². The summed E-state index contributed by atoms with van der Waals surface area (Å²) in [4.78, 5) is 0. The van der Waals surface area contributed by atoms with Crippen LogP contribution in [0.2, 0.25) is 0 Å². The fourth-order valence-electron chi connectivity index (χ4n) is 2.25. The highest BCUT2D eigenvalue weighted by molar-refractivity contribution is 5.29. The first-order valence-corrected chi connectivity index (χ1v) is 8.39. The van der Waals surface area contributed by atoms with Crippen molar-refractivity contribution in [3.8, 4) is 5.75 Å². The molecule has 0 saturated carbocycles. The van der Waals surface area contributed by atoms with E-state index in [9.17, 15) is 4.39 Å². The quantitative estimate of drug-likeness (QED) is 0.544. The van der Waals surface area contributed by atoms with Crippen molar-refractivity contribution in [3.05, 3.63) is 29.6 Å². The van der Waals surface area contributed by atoms with Gasteiger partial charge in [0.15, 0.2) is 11.6 Å². The van der Waals surface area contributed by atoms with Gasteiger partial charge in [-0.3, -0.25) is 0 Å². The van der Waals surface area contributed by atoms with Crippen LogP contribution in [0.15, 0.2) is 18.2 Å². The average molecular weight is 295 g/mol. The summed E-state index contributed by atoms with van der Waals surface area (Å²) in [6, 6.07) is 5.25. The molecule has 0 radical (unpaired) electrons. The number of nitrogens with one attached hydrogen (secondary N) is 1. The molecule has 3 heteroatoms. The molecule has 0 aromatic heterocycles. The lowest BCUT2D eigenvalue weighted by atomic mass is 10.1. The van der Waals surface area contributed by atoms with E-state index in [2.05, 4.69) is 19.2 Å². The van der Waals surface area contributed by atoms with Crippen molar-refractivity contribution < 1.29 is 9.13 Å². The van der Waals surface area contributed by atoms with E-state index in [0.29, 0.717) is 18.9 Å². The molecule has 120 valence electrons. The van der Waals surface area contributed by atoms with E-state index in [4.69, 9.17) is 4.74 Å². The molecule has 0 aliphatic rings. The molecular weight excluding hydrogens is 265 g/mol. The molecule has 1 N–H and O–H groups in total. The Balaban J connectivity index is 2.22. The third-order valence-electron chi connectivity index (χ3n) is 3.51. The Hall–Kier alpha value is -1.09. The highest BCUT2D eigenvalue weighted by Gasteiger charge is 2.04. The van der Waals surface area contributed by atoms with Crippen LogP contribution in [-0.2, 0) is 6.54 Å². The predicted molar refractivity (Wildman–Crippen MR) is 87.3 cm³/mol. The van der Waals surface area contributed by atoms with Crippen molar-refractivity contribution in [2.45, 2.75) is 65.3 Å². The summed E-state index contributed by atoms with van der Waals surface area (Å²) in [5.41, 5.74) is 0.966. The minimum absolute atomic E-state index is 0.253. The number of ether oxygens (including phenoxy) is 1. The SMILES string of the molecule is CCCCCCCCOc1ccc(CNCCC)cc1F. The van der Waals surface area contributed by atoms with Gasteiger partial charge in [-0.2, -0.15) is 0 Å². The number of halogens is 1. The summed E-state index contributed by atoms with van der Waals surface area (Å²) in [6.07, 6.45) is 8.38. The first-order valence-electron chi connectivity index (χ1n) is 8.39. The molecule has 0 aliphatic heterocycles. The van der Waals surface area contributed by atoms with Crippen molar-refractivity contribution >= 4 is 0 Å². The van der Waals surface area contributed by atoms with E-state index in [1.54, 1.807) is 12.1 Å². The maximum Gasteiger partial charge on any atom is 0.165 e. The highest BCUT2D eigenvalue weighted by atomic mass is 19.1. The van der Waals surface area contributed by atoms with Crippen LogP contribution < -0.4 is 10.1 Å². The molecule has 0 amide bonds. The number of hydrogen-bond donors (Lipinski definition) is 1. The largest absolute Gasteiger partial charge is 0.491 e. The fourth-order valence-corrected chi connectivity index (χ4v) is 2.25. The van der Waals surface area contributed by atoms with Crippen LogP contribution in [0.1, 0.15) is 64.4 Å². The molecular formula is C18H30FNO. The fraction of sp³-hybridized carbons (Fsp3) is 0.667. The van der Waals surface area contributed by atoms with Gasteiger partial charge < -0.3 is 10.1 Å². The Bertz CT molecular complexity index is 381. The summed E-state index contributed by atoms with van der Waals surface area (Å²) < 4.78 is 19.4. The lowest BCUT2D eigenvalue weighted by Gasteiger charge is -2.09. The molecule has 1 rings (SSSR count). The Morgan fingerprint density at radius 1 is 1.00 bits per heavy atom. The van der Waals surface area contributed by atoms with E-state index in [1.807, 2.05) is 6.07 Å². The normalized spacial score (nSPS) is 10.8. The predicted octanol–water partition coefficient (Wildman–Crippen LogP) is 5.06. The Morgan fingerprint density at radius 3 is 2.48 bits per heavy atom. The molecule has 0 unspecified atom stereocenters. The van der Waals surface area contributed by atoms with Gasteiger partial charge in [0.25, 0.3) is 0 Å². The smallest absolute Gasteiger partial charge is 0.165 e. The molecule has 1 aromatic rings. The van der Waals surface area contributed by atoms with Crippen LogP contribution in [0, 0.1) is 5.82 Å². The minimum Gasteiger partial charge on any atom is -0.491 e. The third-order valence-corrected chi connectivity index (χ3v) is 3.51. The summed E-state index contributed by atoms with van der Waals surface area (Å²) in [5.74, 6) is 0.125. The summed E-state index contributed by atoms with van der Waals surface area (Å²) in [6.45, 7) is 6.61. The van der Waals surface area contributed by atoms with Gasteiger partial charge in [0.05, 0.1) is 6.61 Å². The number of rotatable bonds is 12. The zero-order valence-corrected chi connectivity index (χ0v) is 13.6. The summed E-state index contributed by atoms with van der Waals surface area (Å²) in [7, 11) is 0. The van der Waals surface area contributed by atoms with Gasteiger partial charge >= 0.3 is 0 Å². The van der Waals surface area contributed by atoms with Crippen molar-refractivity contribution in [1.82, 2.24) is 5.32 Å². The van der Waals surface area contributed by atoms with Crippen LogP contribution >= 0.6 is 0 Å². The van der Waals surface area contributed by atoms with E-state index in [-0.39, 0.29) is 5.82 Å². The van der Waals surface area contributed by atoms with Gasteiger partial charge in [-0.05, 0) is 37.1 Å². The first kappa shape index (κ1) is 18.0. The van der Waals surface area contributed by atoms with Crippen LogP contribution in [0.4, 0.5) is 4.39 Å². The molecule has 21 heavy (non-hydrogen) atoms. The molecule has 0 fully saturated rings. The van der Waals surface area contributed by atoms with Crippen LogP contribution in [0.25, 0.3) is 0 Å². The average Bonchev–Trinajstić information content (AvgIpc) is 2.48. The minimum atomic E-state index is -0.253.